The van der Waals surface area contributed by atoms with E-state index in [1.165, 1.54) is 11.3 Å². The summed E-state index contributed by atoms with van der Waals surface area (Å²) in [6.07, 6.45) is 1.67. The summed E-state index contributed by atoms with van der Waals surface area (Å²) in [7, 11) is 1.61. The van der Waals surface area contributed by atoms with E-state index in [1.54, 1.807) is 18.7 Å². The molecule has 0 atom stereocenters. The number of benzene rings is 2. The van der Waals surface area contributed by atoms with Crippen LogP contribution in [-0.4, -0.2) is 18.3 Å². The first-order valence-corrected chi connectivity index (χ1v) is 9.37. The molecule has 0 aliphatic heterocycles. The van der Waals surface area contributed by atoms with Gasteiger partial charge in [-0.25, -0.2) is 4.98 Å². The Balaban J connectivity index is 1.71. The second kappa shape index (κ2) is 8.68. The van der Waals surface area contributed by atoms with Crippen LogP contribution in [0.2, 0.25) is 0 Å². The number of nitrogens with two attached hydrogens (primary N) is 1. The molecule has 0 aliphatic rings. The number of anilines is 2. The minimum absolute atomic E-state index is 0.455. The number of nitrogens with zero attached hydrogens (tertiary/aromatic N) is 2. The minimum atomic E-state index is 0.455. The average Bonchev–Trinajstić information content (AvgIpc) is 3.06. The first kappa shape index (κ1) is 18.2. The highest BCUT2D eigenvalue weighted by Gasteiger charge is 2.11. The molecule has 0 unspecified atom stereocenters. The van der Waals surface area contributed by atoms with Crippen LogP contribution in [0.25, 0.3) is 0 Å². The second-order valence-electron chi connectivity index (χ2n) is 5.26. The van der Waals surface area contributed by atoms with Gasteiger partial charge in [0, 0.05) is 5.38 Å². The third kappa shape index (κ3) is 4.74. The molecular weight excluding hydrogens is 416 g/mol. The fourth-order valence-corrected chi connectivity index (χ4v) is 3.31. The van der Waals surface area contributed by atoms with Crippen molar-refractivity contribution in [3.05, 3.63) is 63.4 Å². The molecule has 3 N–H and O–H groups in total. The lowest BCUT2D eigenvalue weighted by Crippen LogP contribution is -2.00. The Morgan fingerprint density at radius 2 is 2.12 bits per heavy atom. The van der Waals surface area contributed by atoms with E-state index in [0.717, 1.165) is 15.6 Å². The zero-order valence-electron chi connectivity index (χ0n) is 14.0. The summed E-state index contributed by atoms with van der Waals surface area (Å²) in [6.45, 7) is 0.455. The number of hydrogen-bond donors (Lipinski definition) is 2. The Morgan fingerprint density at radius 1 is 1.31 bits per heavy atom. The van der Waals surface area contributed by atoms with Crippen LogP contribution in [0.5, 0.6) is 11.5 Å². The van der Waals surface area contributed by atoms with Crippen molar-refractivity contribution in [2.24, 2.45) is 5.10 Å². The smallest absolute Gasteiger partial charge is 0.205 e. The van der Waals surface area contributed by atoms with E-state index in [4.69, 9.17) is 15.2 Å². The lowest BCUT2D eigenvalue weighted by molar-refractivity contribution is 0.282. The summed E-state index contributed by atoms with van der Waals surface area (Å²) in [4.78, 5) is 4.08. The SMILES string of the molecule is COc1cc(C=NNc2nc(N)cs2)cc(Br)c1OCc1ccccc1. The van der Waals surface area contributed by atoms with Gasteiger partial charge in [-0.3, -0.25) is 5.43 Å². The van der Waals surface area contributed by atoms with Crippen LogP contribution in [0.3, 0.4) is 0 Å². The Kier molecular flexibility index (Phi) is 6.08. The topological polar surface area (TPSA) is 81.8 Å². The van der Waals surface area contributed by atoms with Gasteiger partial charge in [-0.2, -0.15) is 5.10 Å². The normalized spacial score (nSPS) is 10.8. The summed E-state index contributed by atoms with van der Waals surface area (Å²) in [5, 5.41) is 6.54. The Morgan fingerprint density at radius 3 is 2.81 bits per heavy atom. The lowest BCUT2D eigenvalue weighted by Gasteiger charge is -2.13. The number of halogens is 1. The van der Waals surface area contributed by atoms with E-state index in [0.29, 0.717) is 29.1 Å². The molecule has 8 heteroatoms. The van der Waals surface area contributed by atoms with Crippen LogP contribution in [0.1, 0.15) is 11.1 Å². The Hall–Kier alpha value is -2.58. The van der Waals surface area contributed by atoms with Crippen molar-refractivity contribution in [1.82, 2.24) is 4.98 Å². The van der Waals surface area contributed by atoms with Crippen LogP contribution in [0.4, 0.5) is 10.9 Å². The molecule has 0 bridgehead atoms. The van der Waals surface area contributed by atoms with E-state index in [2.05, 4.69) is 31.4 Å². The standard InChI is InChI=1S/C18H17BrN4O2S/c1-24-15-8-13(9-21-23-18-22-16(20)11-26-18)7-14(19)17(15)25-10-12-5-3-2-4-6-12/h2-9,11H,10,20H2,1H3,(H,22,23). The van der Waals surface area contributed by atoms with E-state index >= 15 is 0 Å². The number of rotatable bonds is 7. The lowest BCUT2D eigenvalue weighted by atomic mass is 10.2. The maximum Gasteiger partial charge on any atom is 0.205 e. The monoisotopic (exact) mass is 432 g/mol. The summed E-state index contributed by atoms with van der Waals surface area (Å²) in [5.41, 5.74) is 10.3. The zero-order chi connectivity index (χ0) is 18.4. The highest BCUT2D eigenvalue weighted by Crippen LogP contribution is 2.36. The first-order chi connectivity index (χ1) is 12.7. The second-order valence-corrected chi connectivity index (χ2v) is 6.97. The van der Waals surface area contributed by atoms with Crippen molar-refractivity contribution in [1.29, 1.82) is 0 Å². The molecule has 1 heterocycles. The van der Waals surface area contributed by atoms with Crippen molar-refractivity contribution < 1.29 is 9.47 Å². The highest BCUT2D eigenvalue weighted by atomic mass is 79.9. The number of methoxy groups -OCH3 is 1. The number of nitrogens with one attached hydrogen (secondary N) is 1. The number of ether oxygens (including phenoxy) is 2. The molecule has 6 nitrogen and oxygen atoms in total. The molecule has 0 saturated carbocycles. The largest absolute Gasteiger partial charge is 0.493 e. The molecule has 134 valence electrons. The van der Waals surface area contributed by atoms with Crippen LogP contribution >= 0.6 is 27.3 Å². The highest BCUT2D eigenvalue weighted by molar-refractivity contribution is 9.10. The summed E-state index contributed by atoms with van der Waals surface area (Å²) < 4.78 is 12.2. The molecule has 26 heavy (non-hydrogen) atoms. The van der Waals surface area contributed by atoms with Gasteiger partial charge < -0.3 is 15.2 Å². The third-order valence-corrected chi connectivity index (χ3v) is 4.73. The van der Waals surface area contributed by atoms with Gasteiger partial charge in [-0.15, -0.1) is 11.3 Å². The van der Waals surface area contributed by atoms with Crippen LogP contribution < -0.4 is 20.6 Å². The number of aromatic nitrogens is 1. The summed E-state index contributed by atoms with van der Waals surface area (Å²) in [6, 6.07) is 13.7. The van der Waals surface area contributed by atoms with Crippen LogP contribution in [0.15, 0.2) is 57.4 Å². The molecule has 0 saturated heterocycles. The van der Waals surface area contributed by atoms with E-state index < -0.39 is 0 Å². The van der Waals surface area contributed by atoms with Crippen molar-refractivity contribution in [3.8, 4) is 11.5 Å². The van der Waals surface area contributed by atoms with Crippen molar-refractivity contribution in [2.45, 2.75) is 6.61 Å². The molecule has 1 aromatic heterocycles. The molecule has 0 aliphatic carbocycles. The van der Waals surface area contributed by atoms with Gasteiger partial charge in [0.2, 0.25) is 5.13 Å². The van der Waals surface area contributed by atoms with E-state index in [9.17, 15) is 0 Å². The predicted octanol–water partition coefficient (Wildman–Crippen LogP) is 4.52. The van der Waals surface area contributed by atoms with Crippen LogP contribution in [-0.2, 0) is 6.61 Å². The molecule has 3 aromatic rings. The number of hydrazone groups is 1. The van der Waals surface area contributed by atoms with Gasteiger partial charge in [0.25, 0.3) is 0 Å². The average molecular weight is 433 g/mol. The Bertz CT molecular complexity index is 899. The van der Waals surface area contributed by atoms with Gasteiger partial charge in [-0.05, 0) is 39.2 Å². The number of thiazole rings is 1. The van der Waals surface area contributed by atoms with Crippen molar-refractivity contribution in [2.75, 3.05) is 18.3 Å². The third-order valence-electron chi connectivity index (χ3n) is 3.37. The van der Waals surface area contributed by atoms with Gasteiger partial charge in [0.05, 0.1) is 17.8 Å². The summed E-state index contributed by atoms with van der Waals surface area (Å²) >= 11 is 4.93. The molecule has 0 spiro atoms. The first-order valence-electron chi connectivity index (χ1n) is 7.70. The van der Waals surface area contributed by atoms with Gasteiger partial charge in [0.15, 0.2) is 11.5 Å². The molecule has 2 aromatic carbocycles. The number of hydrogen-bond acceptors (Lipinski definition) is 7. The molecule has 0 amide bonds. The van der Waals surface area contributed by atoms with Gasteiger partial charge in [0.1, 0.15) is 12.4 Å². The molecule has 0 fully saturated rings. The predicted molar refractivity (Wildman–Crippen MR) is 109 cm³/mol. The van der Waals surface area contributed by atoms with Gasteiger partial charge >= 0.3 is 0 Å². The Labute approximate surface area is 163 Å². The fraction of sp³-hybridized carbons (Fsp3) is 0.111. The van der Waals surface area contributed by atoms with Crippen LogP contribution in [0, 0.1) is 0 Å². The van der Waals surface area contributed by atoms with Crippen molar-refractivity contribution in [3.63, 3.8) is 0 Å². The number of nitrogen functional groups attached to an aromatic ring is 1. The minimum Gasteiger partial charge on any atom is -0.493 e. The fourth-order valence-electron chi connectivity index (χ4n) is 2.18. The molecule has 0 radical (unpaired) electrons. The molecule has 3 rings (SSSR count). The van der Waals surface area contributed by atoms with Gasteiger partial charge in [-0.1, -0.05) is 30.3 Å². The summed E-state index contributed by atoms with van der Waals surface area (Å²) in [5.74, 6) is 1.74. The maximum atomic E-state index is 5.92. The zero-order valence-corrected chi connectivity index (χ0v) is 16.4. The van der Waals surface area contributed by atoms with E-state index in [1.807, 2.05) is 42.5 Å². The molecular formula is C18H17BrN4O2S. The van der Waals surface area contributed by atoms with E-state index in [-0.39, 0.29) is 0 Å². The van der Waals surface area contributed by atoms with Crippen molar-refractivity contribution >= 4 is 44.4 Å². The quantitative estimate of drug-likeness (QED) is 0.423. The maximum absolute atomic E-state index is 5.92.